The first-order chi connectivity index (χ1) is 16.6. The van der Waals surface area contributed by atoms with E-state index >= 15 is 0 Å². The summed E-state index contributed by atoms with van der Waals surface area (Å²) in [6.45, 7) is 9.25. The fourth-order valence-electron chi connectivity index (χ4n) is 4.04. The van der Waals surface area contributed by atoms with E-state index in [0.717, 1.165) is 31.9 Å². The first kappa shape index (κ1) is 25.7. The smallest absolute Gasteiger partial charge is 0.338 e. The summed E-state index contributed by atoms with van der Waals surface area (Å²) in [7, 11) is 1.70. The molecule has 8 nitrogen and oxygen atoms in total. The van der Waals surface area contributed by atoms with Crippen molar-refractivity contribution < 1.29 is 38.6 Å². The molecule has 0 aliphatic carbocycles. The molecular weight excluding hydrogens is 436 g/mol. The highest BCUT2D eigenvalue weighted by Gasteiger charge is 2.28. The van der Waals surface area contributed by atoms with E-state index in [9.17, 15) is 9.90 Å². The fourth-order valence-corrected chi connectivity index (χ4v) is 4.04. The Morgan fingerprint density at radius 1 is 1.09 bits per heavy atom. The second-order valence-corrected chi connectivity index (χ2v) is 8.25. The molecule has 184 valence electrons. The molecule has 34 heavy (non-hydrogen) atoms. The molecule has 1 fully saturated rings. The molecule has 8 heteroatoms. The van der Waals surface area contributed by atoms with Crippen LogP contribution in [0.25, 0.3) is 0 Å². The van der Waals surface area contributed by atoms with Gasteiger partial charge in [-0.1, -0.05) is 18.2 Å². The molecule has 1 aliphatic rings. The zero-order valence-electron chi connectivity index (χ0n) is 19.8. The Balaban J connectivity index is 1.36. The Kier molecular flexibility index (Phi) is 10.4. The molecule has 0 spiro atoms. The Hall–Kier alpha value is -2.91. The van der Waals surface area contributed by atoms with Crippen molar-refractivity contribution in [2.24, 2.45) is 0 Å². The van der Waals surface area contributed by atoms with Crippen LogP contribution < -0.4 is 19.3 Å². The van der Waals surface area contributed by atoms with Gasteiger partial charge in [-0.15, -0.1) is 6.58 Å². The highest BCUT2D eigenvalue weighted by Crippen LogP contribution is 2.18. The number of para-hydroxylation sites is 2. The molecule has 1 heterocycles. The lowest BCUT2D eigenvalue weighted by molar-refractivity contribution is -0.988. The molecule has 0 saturated carbocycles. The molecular formula is C26H36N2O6+2. The number of methoxy groups -OCH3 is 1. The lowest BCUT2D eigenvalue weighted by Crippen LogP contribution is -3.26. The molecule has 3 N–H and O–H groups in total. The largest absolute Gasteiger partial charge is 0.491 e. The molecule has 1 unspecified atom stereocenters. The van der Waals surface area contributed by atoms with Crippen molar-refractivity contribution in [1.82, 2.24) is 0 Å². The quantitative estimate of drug-likeness (QED) is 0.215. The number of aliphatic hydroxyl groups excluding tert-OH is 1. The number of carbonyl (C=O) groups excluding carboxylic acids is 1. The zero-order valence-corrected chi connectivity index (χ0v) is 19.8. The number of nitrogens with one attached hydrogen (secondary N) is 2. The molecule has 2 aromatic carbocycles. The predicted octanol–water partition coefficient (Wildman–Crippen LogP) is -0.0906. The Morgan fingerprint density at radius 2 is 1.82 bits per heavy atom. The second-order valence-electron chi connectivity index (χ2n) is 8.25. The van der Waals surface area contributed by atoms with Crippen LogP contribution in [0.15, 0.2) is 61.2 Å². The summed E-state index contributed by atoms with van der Waals surface area (Å²) >= 11 is 0. The van der Waals surface area contributed by atoms with Gasteiger partial charge in [-0.3, -0.25) is 4.90 Å². The predicted molar refractivity (Wildman–Crippen MR) is 128 cm³/mol. The number of quaternary nitrogens is 2. The van der Waals surface area contributed by atoms with E-state index < -0.39 is 12.1 Å². The van der Waals surface area contributed by atoms with E-state index in [1.807, 2.05) is 18.2 Å². The normalized spacial score (nSPS) is 18.6. The molecule has 3 rings (SSSR count). The second kappa shape index (κ2) is 13.7. The van der Waals surface area contributed by atoms with Crippen molar-refractivity contribution in [3.05, 3.63) is 66.7 Å². The van der Waals surface area contributed by atoms with Crippen LogP contribution in [0.3, 0.4) is 0 Å². The Labute approximate surface area is 201 Å². The summed E-state index contributed by atoms with van der Waals surface area (Å²) in [5.74, 6) is 1.10. The third-order valence-corrected chi connectivity index (χ3v) is 5.80. The van der Waals surface area contributed by atoms with Gasteiger partial charge in [0, 0.05) is 6.07 Å². The lowest BCUT2D eigenvalue weighted by Gasteiger charge is -2.30. The van der Waals surface area contributed by atoms with Gasteiger partial charge in [0.15, 0.2) is 11.4 Å². The van der Waals surface area contributed by atoms with Gasteiger partial charge in [0.2, 0.25) is 0 Å². The lowest BCUT2D eigenvalue weighted by atomic mass is 10.2. The minimum atomic E-state index is -0.704. The SMILES string of the molecule is C=CCOCCOc1ccc(C(=O)OCC(O)C[NH+]2CC[NH+](c3ccccc3OC)CC2)cc1. The van der Waals surface area contributed by atoms with E-state index in [-0.39, 0.29) is 6.61 Å². The van der Waals surface area contributed by atoms with Crippen LogP contribution in [0.5, 0.6) is 11.5 Å². The fraction of sp³-hybridized carbons (Fsp3) is 0.423. The standard InChI is InChI=1S/C26H34N2O6/c1-3-16-32-17-18-33-23-10-8-21(9-11-23)26(30)34-20-22(29)19-27-12-14-28(15-13-27)24-6-4-5-7-25(24)31-2/h3-11,22,29H,1,12-20H2,2H3/p+2. The van der Waals surface area contributed by atoms with Gasteiger partial charge < -0.3 is 29.0 Å². The number of piperazine rings is 1. The molecule has 2 aromatic rings. The molecule has 0 bridgehead atoms. The van der Waals surface area contributed by atoms with Crippen LogP contribution in [-0.2, 0) is 9.47 Å². The van der Waals surface area contributed by atoms with E-state index in [4.69, 9.17) is 18.9 Å². The van der Waals surface area contributed by atoms with Gasteiger partial charge in [-0.05, 0) is 30.3 Å². The maximum absolute atomic E-state index is 12.3. The van der Waals surface area contributed by atoms with Crippen molar-refractivity contribution in [3.8, 4) is 11.5 Å². The Bertz CT molecular complexity index is 896. The summed E-state index contributed by atoms with van der Waals surface area (Å²) in [6.07, 6.45) is 0.980. The summed E-state index contributed by atoms with van der Waals surface area (Å²) in [6, 6.07) is 14.8. The van der Waals surface area contributed by atoms with E-state index in [1.54, 1.807) is 37.5 Å². The molecule has 0 amide bonds. The zero-order chi connectivity index (χ0) is 24.2. The molecule has 1 aliphatic heterocycles. The highest BCUT2D eigenvalue weighted by atomic mass is 16.5. The minimum absolute atomic E-state index is 0.0235. The van der Waals surface area contributed by atoms with Gasteiger partial charge >= 0.3 is 5.97 Å². The number of carbonyl (C=O) groups is 1. The maximum atomic E-state index is 12.3. The number of rotatable bonds is 13. The van der Waals surface area contributed by atoms with Crippen molar-refractivity contribution in [2.45, 2.75) is 6.10 Å². The third kappa shape index (κ3) is 7.85. The van der Waals surface area contributed by atoms with Gasteiger partial charge in [0.25, 0.3) is 0 Å². The van der Waals surface area contributed by atoms with Crippen LogP contribution in [0, 0.1) is 0 Å². The molecule has 1 atom stereocenters. The minimum Gasteiger partial charge on any atom is -0.491 e. The van der Waals surface area contributed by atoms with Crippen LogP contribution in [0.2, 0.25) is 0 Å². The number of esters is 1. The molecule has 1 saturated heterocycles. The highest BCUT2D eigenvalue weighted by molar-refractivity contribution is 5.89. The maximum Gasteiger partial charge on any atom is 0.338 e. The first-order valence-corrected chi connectivity index (χ1v) is 11.7. The third-order valence-electron chi connectivity index (χ3n) is 5.80. The number of hydrogen-bond donors (Lipinski definition) is 3. The summed E-state index contributed by atoms with van der Waals surface area (Å²) < 4.78 is 21.6. The van der Waals surface area contributed by atoms with E-state index in [1.165, 1.54) is 15.5 Å². The van der Waals surface area contributed by atoms with Crippen molar-refractivity contribution >= 4 is 11.7 Å². The van der Waals surface area contributed by atoms with Gasteiger partial charge in [0.05, 0.1) is 25.9 Å². The summed E-state index contributed by atoms with van der Waals surface area (Å²) in [5, 5.41) is 10.4. The number of aliphatic hydroxyl groups is 1. The average Bonchev–Trinajstić information content (AvgIpc) is 2.88. The first-order valence-electron chi connectivity index (χ1n) is 11.7. The van der Waals surface area contributed by atoms with E-state index in [2.05, 4.69) is 12.6 Å². The van der Waals surface area contributed by atoms with Gasteiger partial charge in [0.1, 0.15) is 57.8 Å². The van der Waals surface area contributed by atoms with Crippen molar-refractivity contribution in [1.29, 1.82) is 0 Å². The van der Waals surface area contributed by atoms with E-state index in [0.29, 0.717) is 37.7 Å². The van der Waals surface area contributed by atoms with Crippen molar-refractivity contribution in [2.75, 3.05) is 66.3 Å². The summed E-state index contributed by atoms with van der Waals surface area (Å²) in [4.78, 5) is 15.0. The average molecular weight is 473 g/mol. The number of benzene rings is 2. The summed E-state index contributed by atoms with van der Waals surface area (Å²) in [5.41, 5.74) is 1.60. The molecule has 0 radical (unpaired) electrons. The van der Waals surface area contributed by atoms with Gasteiger partial charge in [-0.25, -0.2) is 4.79 Å². The van der Waals surface area contributed by atoms with Crippen LogP contribution >= 0.6 is 0 Å². The molecule has 0 aromatic heterocycles. The number of hydrogen-bond acceptors (Lipinski definition) is 6. The van der Waals surface area contributed by atoms with Gasteiger partial charge in [-0.2, -0.15) is 0 Å². The van der Waals surface area contributed by atoms with Crippen LogP contribution in [0.1, 0.15) is 10.4 Å². The van der Waals surface area contributed by atoms with Crippen LogP contribution in [0.4, 0.5) is 5.69 Å². The van der Waals surface area contributed by atoms with Crippen LogP contribution in [-0.4, -0.2) is 83.4 Å². The van der Waals surface area contributed by atoms with Crippen molar-refractivity contribution in [3.63, 3.8) is 0 Å². The Morgan fingerprint density at radius 3 is 2.53 bits per heavy atom. The monoisotopic (exact) mass is 472 g/mol. The number of ether oxygens (including phenoxy) is 4. The topological polar surface area (TPSA) is 83.1 Å².